The fraction of sp³-hybridized carbons (Fsp3) is 0.667. The molecule has 1 aliphatic heterocycles. The fourth-order valence-corrected chi connectivity index (χ4v) is 3.88. The summed E-state index contributed by atoms with van der Waals surface area (Å²) in [5, 5.41) is 7.28. The molecule has 0 aromatic carbocycles. The predicted octanol–water partition coefficient (Wildman–Crippen LogP) is 2.48. The maximum absolute atomic E-state index is 5.96. The van der Waals surface area contributed by atoms with E-state index in [0.717, 1.165) is 67.8 Å². The van der Waals surface area contributed by atoms with Gasteiger partial charge in [-0.1, -0.05) is 0 Å². The van der Waals surface area contributed by atoms with Crippen molar-refractivity contribution < 1.29 is 4.74 Å². The summed E-state index contributed by atoms with van der Waals surface area (Å²) in [6, 6.07) is 2.46. The number of aryl methyl sites for hydroxylation is 1. The van der Waals surface area contributed by atoms with Crippen LogP contribution in [0.2, 0.25) is 0 Å². The second-order valence-electron chi connectivity index (χ2n) is 7.47. The van der Waals surface area contributed by atoms with Gasteiger partial charge in [-0.05, 0) is 32.6 Å². The van der Waals surface area contributed by atoms with E-state index in [0.29, 0.717) is 24.5 Å². The highest BCUT2D eigenvalue weighted by Gasteiger charge is 2.30. The lowest BCUT2D eigenvalue weighted by Crippen LogP contribution is -2.36. The van der Waals surface area contributed by atoms with Crippen molar-refractivity contribution in [1.29, 1.82) is 0 Å². The molecule has 2 aromatic heterocycles. The fourth-order valence-electron chi connectivity index (χ4n) is 3.88. The first-order valence-corrected chi connectivity index (χ1v) is 9.38. The van der Waals surface area contributed by atoms with Crippen LogP contribution in [0, 0.1) is 6.92 Å². The minimum absolute atomic E-state index is 0. The summed E-state index contributed by atoms with van der Waals surface area (Å²) in [5.74, 6) is 4.45. The molecule has 3 N–H and O–H groups in total. The molecule has 8 nitrogen and oxygen atoms in total. The molecule has 0 atom stereocenters. The molecule has 156 valence electrons. The molecule has 1 aliphatic carbocycles. The summed E-state index contributed by atoms with van der Waals surface area (Å²) in [5.41, 5.74) is 7.07. The minimum Gasteiger partial charge on any atom is -0.377 e. The van der Waals surface area contributed by atoms with E-state index in [1.54, 1.807) is 7.11 Å². The average Bonchev–Trinajstić information content (AvgIpc) is 3.06. The number of H-pyrrole nitrogens is 1. The molecule has 3 heterocycles. The number of piperidine rings is 1. The maximum Gasteiger partial charge on any atom is 0.156 e. The number of ether oxygens (including phenoxy) is 1. The normalized spacial score (nSPS) is 22.2. The molecule has 0 amide bonds. The third-order valence-electron chi connectivity index (χ3n) is 5.44. The quantitative estimate of drug-likeness (QED) is 0.751. The van der Waals surface area contributed by atoms with E-state index in [4.69, 9.17) is 20.4 Å². The standard InChI is InChI=1S/C18H27N7O.2ClH/c1-11-20-18(24-23-11)12-3-5-25(6-4-12)17-9-15(13-7-14(19)8-13)21-16(22-17)10-26-2;;/h9,12-14H,3-8,10,19H2,1-2H3,(H,20,23,24);2*1H. The van der Waals surface area contributed by atoms with Crippen LogP contribution >= 0.6 is 24.8 Å². The summed E-state index contributed by atoms with van der Waals surface area (Å²) in [6.07, 6.45) is 4.08. The molecule has 4 rings (SSSR count). The number of hydrogen-bond donors (Lipinski definition) is 2. The highest BCUT2D eigenvalue weighted by molar-refractivity contribution is 5.85. The topological polar surface area (TPSA) is 106 Å². The lowest BCUT2D eigenvalue weighted by Gasteiger charge is -2.34. The molecule has 0 radical (unpaired) electrons. The molecule has 2 fully saturated rings. The molecule has 1 saturated heterocycles. The molecule has 28 heavy (non-hydrogen) atoms. The molecule has 1 saturated carbocycles. The van der Waals surface area contributed by atoms with E-state index in [1.807, 2.05) is 6.92 Å². The summed E-state index contributed by atoms with van der Waals surface area (Å²) in [4.78, 5) is 16.3. The Morgan fingerprint density at radius 3 is 2.43 bits per heavy atom. The predicted molar refractivity (Wildman–Crippen MR) is 112 cm³/mol. The zero-order valence-corrected chi connectivity index (χ0v) is 17.9. The van der Waals surface area contributed by atoms with Gasteiger partial charge in [-0.2, -0.15) is 5.10 Å². The number of aromatic nitrogens is 5. The maximum atomic E-state index is 5.96. The zero-order valence-electron chi connectivity index (χ0n) is 16.3. The Kier molecular flexibility index (Phi) is 8.00. The Labute approximate surface area is 177 Å². The van der Waals surface area contributed by atoms with Gasteiger partial charge in [-0.25, -0.2) is 15.0 Å². The molecule has 2 aromatic rings. The molecule has 0 unspecified atom stereocenters. The third-order valence-corrected chi connectivity index (χ3v) is 5.44. The van der Waals surface area contributed by atoms with E-state index in [1.165, 1.54) is 0 Å². The second kappa shape index (κ2) is 9.82. The van der Waals surface area contributed by atoms with Crippen molar-refractivity contribution in [3.8, 4) is 0 Å². The molecule has 0 bridgehead atoms. The van der Waals surface area contributed by atoms with Crippen LogP contribution in [0.5, 0.6) is 0 Å². The summed E-state index contributed by atoms with van der Waals surface area (Å²) >= 11 is 0. The SMILES string of the molecule is COCc1nc(C2CC(N)C2)cc(N2CCC(c3n[nH]c(C)n3)CC2)n1.Cl.Cl. The van der Waals surface area contributed by atoms with E-state index in [-0.39, 0.29) is 24.8 Å². The van der Waals surface area contributed by atoms with Crippen LogP contribution in [-0.4, -0.2) is 51.4 Å². The second-order valence-corrected chi connectivity index (χ2v) is 7.47. The van der Waals surface area contributed by atoms with Crippen LogP contribution in [0.25, 0.3) is 0 Å². The van der Waals surface area contributed by atoms with Gasteiger partial charge in [-0.3, -0.25) is 5.10 Å². The highest BCUT2D eigenvalue weighted by atomic mass is 35.5. The van der Waals surface area contributed by atoms with Gasteiger partial charge in [0.1, 0.15) is 18.2 Å². The number of nitrogens with one attached hydrogen (secondary N) is 1. The van der Waals surface area contributed by atoms with Gasteiger partial charge in [0.15, 0.2) is 11.6 Å². The van der Waals surface area contributed by atoms with Gasteiger partial charge in [-0.15, -0.1) is 24.8 Å². The van der Waals surface area contributed by atoms with Crippen molar-refractivity contribution in [3.05, 3.63) is 29.2 Å². The van der Waals surface area contributed by atoms with Crippen LogP contribution in [-0.2, 0) is 11.3 Å². The van der Waals surface area contributed by atoms with Crippen molar-refractivity contribution in [3.63, 3.8) is 0 Å². The van der Waals surface area contributed by atoms with Gasteiger partial charge in [0, 0.05) is 49.8 Å². The first kappa shape index (κ1) is 22.8. The van der Waals surface area contributed by atoms with E-state index >= 15 is 0 Å². The first-order chi connectivity index (χ1) is 12.6. The van der Waals surface area contributed by atoms with Crippen LogP contribution < -0.4 is 10.6 Å². The smallest absolute Gasteiger partial charge is 0.156 e. The number of nitrogens with two attached hydrogens (primary N) is 1. The van der Waals surface area contributed by atoms with Gasteiger partial charge in [0.25, 0.3) is 0 Å². The largest absolute Gasteiger partial charge is 0.377 e. The van der Waals surface area contributed by atoms with E-state index in [2.05, 4.69) is 26.1 Å². The molecule has 2 aliphatic rings. The number of aromatic amines is 1. The van der Waals surface area contributed by atoms with Crippen molar-refractivity contribution >= 4 is 30.6 Å². The third kappa shape index (κ3) is 4.92. The Morgan fingerprint density at radius 2 is 1.86 bits per heavy atom. The number of nitrogens with zero attached hydrogens (tertiary/aromatic N) is 5. The Morgan fingerprint density at radius 1 is 1.14 bits per heavy atom. The first-order valence-electron chi connectivity index (χ1n) is 9.38. The highest BCUT2D eigenvalue weighted by Crippen LogP contribution is 2.36. The van der Waals surface area contributed by atoms with Crippen molar-refractivity contribution in [2.75, 3.05) is 25.1 Å². The van der Waals surface area contributed by atoms with Crippen LogP contribution in [0.1, 0.15) is 60.7 Å². The molecule has 0 spiro atoms. The van der Waals surface area contributed by atoms with Crippen molar-refractivity contribution in [2.24, 2.45) is 5.73 Å². The average molecular weight is 430 g/mol. The number of halogens is 2. The number of rotatable bonds is 5. The minimum atomic E-state index is 0. The molecular formula is C18H29Cl2N7O. The monoisotopic (exact) mass is 429 g/mol. The lowest BCUT2D eigenvalue weighted by molar-refractivity contribution is 0.177. The molecular weight excluding hydrogens is 401 g/mol. The van der Waals surface area contributed by atoms with Crippen molar-refractivity contribution in [1.82, 2.24) is 25.1 Å². The Bertz CT molecular complexity index is 758. The van der Waals surface area contributed by atoms with Crippen LogP contribution in [0.15, 0.2) is 6.07 Å². The van der Waals surface area contributed by atoms with Crippen LogP contribution in [0.3, 0.4) is 0 Å². The van der Waals surface area contributed by atoms with E-state index < -0.39 is 0 Å². The molecule has 10 heteroatoms. The van der Waals surface area contributed by atoms with Gasteiger partial charge < -0.3 is 15.4 Å². The van der Waals surface area contributed by atoms with Crippen LogP contribution in [0.4, 0.5) is 5.82 Å². The zero-order chi connectivity index (χ0) is 18.1. The summed E-state index contributed by atoms with van der Waals surface area (Å²) < 4.78 is 5.27. The number of anilines is 1. The Hall–Kier alpha value is -1.48. The van der Waals surface area contributed by atoms with Gasteiger partial charge >= 0.3 is 0 Å². The van der Waals surface area contributed by atoms with Gasteiger partial charge in [0.05, 0.1) is 0 Å². The summed E-state index contributed by atoms with van der Waals surface area (Å²) in [6.45, 7) is 4.28. The number of methoxy groups -OCH3 is 1. The van der Waals surface area contributed by atoms with E-state index in [9.17, 15) is 0 Å². The summed E-state index contributed by atoms with van der Waals surface area (Å²) in [7, 11) is 1.68. The Balaban J connectivity index is 0.00000140. The van der Waals surface area contributed by atoms with Crippen molar-refractivity contribution in [2.45, 2.75) is 57.1 Å². The number of hydrogen-bond acceptors (Lipinski definition) is 7. The lowest BCUT2D eigenvalue weighted by atomic mass is 9.78. The van der Waals surface area contributed by atoms with Gasteiger partial charge in [0.2, 0.25) is 0 Å².